The van der Waals surface area contributed by atoms with Gasteiger partial charge >= 0.3 is 0 Å². The monoisotopic (exact) mass is 378 g/mol. The van der Waals surface area contributed by atoms with Crippen molar-refractivity contribution in [2.24, 2.45) is 5.10 Å². The Bertz CT molecular complexity index is 1040. The molecule has 0 spiro atoms. The molecule has 0 atom stereocenters. The fourth-order valence-electron chi connectivity index (χ4n) is 2.71. The van der Waals surface area contributed by atoms with Gasteiger partial charge < -0.3 is 0 Å². The van der Waals surface area contributed by atoms with Gasteiger partial charge in [0.25, 0.3) is 11.8 Å². The van der Waals surface area contributed by atoms with Gasteiger partial charge in [-0.1, -0.05) is 30.3 Å². The highest BCUT2D eigenvalue weighted by molar-refractivity contribution is 6.00. The number of rotatable bonds is 5. The van der Waals surface area contributed by atoms with Crippen molar-refractivity contribution in [3.63, 3.8) is 0 Å². The number of halogens is 1. The molecule has 0 saturated heterocycles. The first-order valence-corrected chi connectivity index (χ1v) is 8.60. The van der Waals surface area contributed by atoms with Crippen LogP contribution in [0.5, 0.6) is 0 Å². The van der Waals surface area contributed by atoms with Gasteiger partial charge in [-0.3, -0.25) is 19.7 Å². The highest BCUT2D eigenvalue weighted by Crippen LogP contribution is 2.12. The standard InChI is InChI=1S/C21H19FN4O2/c1-14-12-17(13-23-24-21(28)18-10-6-7-11-19(18)22)15(2)26(14)25-20(27)16-8-4-3-5-9-16/h3-13H,1-2H3,(H,24,28)(H,25,27)/b23-13-. The van der Waals surface area contributed by atoms with Crippen molar-refractivity contribution in [3.8, 4) is 0 Å². The summed E-state index contributed by atoms with van der Waals surface area (Å²) in [6, 6.07) is 16.4. The van der Waals surface area contributed by atoms with Gasteiger partial charge in [-0.25, -0.2) is 9.82 Å². The van der Waals surface area contributed by atoms with E-state index in [-0.39, 0.29) is 11.5 Å². The largest absolute Gasteiger partial charge is 0.274 e. The molecule has 2 amide bonds. The molecule has 2 aromatic carbocycles. The van der Waals surface area contributed by atoms with Crippen LogP contribution in [0, 0.1) is 19.7 Å². The third kappa shape index (κ3) is 4.15. The van der Waals surface area contributed by atoms with Crippen LogP contribution in [0.3, 0.4) is 0 Å². The first-order valence-electron chi connectivity index (χ1n) is 8.60. The minimum Gasteiger partial charge on any atom is -0.267 e. The molecule has 0 aliphatic carbocycles. The summed E-state index contributed by atoms with van der Waals surface area (Å²) < 4.78 is 15.3. The van der Waals surface area contributed by atoms with E-state index < -0.39 is 11.7 Å². The van der Waals surface area contributed by atoms with Gasteiger partial charge in [0.15, 0.2) is 0 Å². The average molecular weight is 378 g/mol. The molecule has 0 aliphatic heterocycles. The minimum atomic E-state index is -0.638. The van der Waals surface area contributed by atoms with E-state index >= 15 is 0 Å². The SMILES string of the molecule is Cc1cc(/C=N\NC(=O)c2ccccc2F)c(C)n1NC(=O)c1ccccc1. The van der Waals surface area contributed by atoms with E-state index in [1.807, 2.05) is 26.0 Å². The first-order chi connectivity index (χ1) is 13.5. The third-order valence-electron chi connectivity index (χ3n) is 4.21. The molecule has 0 bridgehead atoms. The highest BCUT2D eigenvalue weighted by Gasteiger charge is 2.12. The molecule has 6 nitrogen and oxygen atoms in total. The Balaban J connectivity index is 1.71. The first kappa shape index (κ1) is 19.0. The quantitative estimate of drug-likeness (QED) is 0.527. The zero-order chi connectivity index (χ0) is 20.1. The minimum absolute atomic E-state index is 0.0831. The number of hydrogen-bond acceptors (Lipinski definition) is 3. The number of nitrogens with zero attached hydrogens (tertiary/aromatic N) is 2. The van der Waals surface area contributed by atoms with Gasteiger partial charge in [0.05, 0.1) is 11.8 Å². The molecule has 1 aromatic heterocycles. The zero-order valence-corrected chi connectivity index (χ0v) is 15.4. The number of aromatic nitrogens is 1. The number of aryl methyl sites for hydroxylation is 1. The Morgan fingerprint density at radius 3 is 2.39 bits per heavy atom. The van der Waals surface area contributed by atoms with Crippen LogP contribution in [0.4, 0.5) is 4.39 Å². The lowest BCUT2D eigenvalue weighted by atomic mass is 10.2. The lowest BCUT2D eigenvalue weighted by Gasteiger charge is -2.11. The molecule has 1 heterocycles. The molecule has 0 radical (unpaired) electrons. The van der Waals surface area contributed by atoms with Crippen molar-refractivity contribution in [1.29, 1.82) is 0 Å². The zero-order valence-electron chi connectivity index (χ0n) is 15.4. The molecule has 0 fully saturated rings. The van der Waals surface area contributed by atoms with E-state index in [4.69, 9.17) is 0 Å². The molecule has 2 N–H and O–H groups in total. The van der Waals surface area contributed by atoms with Crippen LogP contribution in [-0.4, -0.2) is 22.7 Å². The maximum Gasteiger partial charge on any atom is 0.274 e. The number of benzene rings is 2. The summed E-state index contributed by atoms with van der Waals surface area (Å²) in [5.74, 6) is -1.49. The summed E-state index contributed by atoms with van der Waals surface area (Å²) in [5, 5.41) is 3.89. The van der Waals surface area contributed by atoms with Gasteiger partial charge in [0.1, 0.15) is 5.82 Å². The summed E-state index contributed by atoms with van der Waals surface area (Å²) in [4.78, 5) is 24.3. The van der Waals surface area contributed by atoms with Crippen molar-refractivity contribution >= 4 is 18.0 Å². The Hall–Kier alpha value is -3.74. The van der Waals surface area contributed by atoms with Crippen molar-refractivity contribution < 1.29 is 14.0 Å². The van der Waals surface area contributed by atoms with Gasteiger partial charge in [-0.05, 0) is 44.2 Å². The van der Waals surface area contributed by atoms with Crippen LogP contribution in [0.25, 0.3) is 0 Å². The maximum atomic E-state index is 13.6. The normalized spacial score (nSPS) is 10.8. The van der Waals surface area contributed by atoms with Crippen molar-refractivity contribution in [2.45, 2.75) is 13.8 Å². The fraction of sp³-hybridized carbons (Fsp3) is 0.0952. The Morgan fingerprint density at radius 1 is 1.00 bits per heavy atom. The Morgan fingerprint density at radius 2 is 1.68 bits per heavy atom. The molecule has 0 unspecified atom stereocenters. The summed E-state index contributed by atoms with van der Waals surface area (Å²) in [6.07, 6.45) is 1.45. The molecule has 7 heteroatoms. The smallest absolute Gasteiger partial charge is 0.267 e. The number of carbonyl (C=O) groups is 2. The number of amides is 2. The Labute approximate surface area is 161 Å². The summed E-state index contributed by atoms with van der Waals surface area (Å²) in [7, 11) is 0. The van der Waals surface area contributed by atoms with E-state index in [1.54, 1.807) is 35.0 Å². The van der Waals surface area contributed by atoms with Crippen molar-refractivity contribution in [3.05, 3.63) is 94.6 Å². The maximum absolute atomic E-state index is 13.6. The van der Waals surface area contributed by atoms with Gasteiger partial charge in [-0.15, -0.1) is 0 Å². The van der Waals surface area contributed by atoms with Crippen LogP contribution in [0.1, 0.15) is 37.7 Å². The molecular weight excluding hydrogens is 359 g/mol. The summed E-state index contributed by atoms with van der Waals surface area (Å²) >= 11 is 0. The number of hydrogen-bond donors (Lipinski definition) is 2. The van der Waals surface area contributed by atoms with Gasteiger partial charge in [0, 0.05) is 22.5 Å². The summed E-state index contributed by atoms with van der Waals surface area (Å²) in [6.45, 7) is 3.66. The van der Waals surface area contributed by atoms with E-state index in [2.05, 4.69) is 16.0 Å². The number of carbonyl (C=O) groups excluding carboxylic acids is 2. The molecule has 28 heavy (non-hydrogen) atoms. The second-order valence-electron chi connectivity index (χ2n) is 6.15. The highest BCUT2D eigenvalue weighted by atomic mass is 19.1. The molecular formula is C21H19FN4O2. The molecule has 0 aliphatic rings. The van der Waals surface area contributed by atoms with E-state index in [1.165, 1.54) is 24.4 Å². The van der Waals surface area contributed by atoms with Crippen molar-refractivity contribution in [1.82, 2.24) is 10.1 Å². The molecule has 3 rings (SSSR count). The van der Waals surface area contributed by atoms with Gasteiger partial charge in [0.2, 0.25) is 0 Å². The van der Waals surface area contributed by atoms with Crippen LogP contribution in [0.15, 0.2) is 65.8 Å². The molecule has 0 saturated carbocycles. The third-order valence-corrected chi connectivity index (χ3v) is 4.21. The Kier molecular flexibility index (Phi) is 5.64. The second kappa shape index (κ2) is 8.30. The average Bonchev–Trinajstić information content (AvgIpc) is 2.96. The predicted molar refractivity (Wildman–Crippen MR) is 105 cm³/mol. The number of nitrogens with one attached hydrogen (secondary N) is 2. The van der Waals surface area contributed by atoms with Crippen LogP contribution >= 0.6 is 0 Å². The summed E-state index contributed by atoms with van der Waals surface area (Å²) in [5.41, 5.74) is 7.84. The molecule has 142 valence electrons. The van der Waals surface area contributed by atoms with Gasteiger partial charge in [-0.2, -0.15) is 5.10 Å². The van der Waals surface area contributed by atoms with E-state index in [9.17, 15) is 14.0 Å². The second-order valence-corrected chi connectivity index (χ2v) is 6.15. The van der Waals surface area contributed by atoms with Crippen LogP contribution < -0.4 is 10.9 Å². The van der Waals surface area contributed by atoms with E-state index in [0.717, 1.165) is 11.4 Å². The fourth-order valence-corrected chi connectivity index (χ4v) is 2.71. The van der Waals surface area contributed by atoms with E-state index in [0.29, 0.717) is 11.1 Å². The predicted octanol–water partition coefficient (Wildman–Crippen LogP) is 3.39. The number of hydrazone groups is 1. The topological polar surface area (TPSA) is 75.5 Å². The van der Waals surface area contributed by atoms with Crippen molar-refractivity contribution in [2.75, 3.05) is 5.43 Å². The lowest BCUT2D eigenvalue weighted by molar-refractivity contribution is 0.0950. The van der Waals surface area contributed by atoms with Crippen LogP contribution in [0.2, 0.25) is 0 Å². The lowest BCUT2D eigenvalue weighted by Crippen LogP contribution is -2.24. The van der Waals surface area contributed by atoms with Crippen LogP contribution in [-0.2, 0) is 0 Å². The molecule has 3 aromatic rings.